The maximum absolute atomic E-state index is 14.2. The van der Waals surface area contributed by atoms with Gasteiger partial charge in [0.1, 0.15) is 29.5 Å². The zero-order valence-corrected chi connectivity index (χ0v) is 18.3. The highest BCUT2D eigenvalue weighted by Gasteiger charge is 2.39. The molecule has 1 fully saturated rings. The Morgan fingerprint density at radius 3 is 2.69 bits per heavy atom. The van der Waals surface area contributed by atoms with Gasteiger partial charge >= 0.3 is 0 Å². The average Bonchev–Trinajstić information content (AvgIpc) is 2.77. The van der Waals surface area contributed by atoms with Gasteiger partial charge in [-0.3, -0.25) is 4.79 Å². The van der Waals surface area contributed by atoms with Gasteiger partial charge in [0.05, 0.1) is 11.1 Å². The van der Waals surface area contributed by atoms with Gasteiger partial charge in [-0.05, 0) is 35.7 Å². The van der Waals surface area contributed by atoms with Crippen LogP contribution < -0.4 is 10.2 Å². The van der Waals surface area contributed by atoms with Gasteiger partial charge < -0.3 is 20.4 Å². The van der Waals surface area contributed by atoms with Gasteiger partial charge in [-0.15, -0.1) is 0 Å². The molecule has 1 saturated heterocycles. The van der Waals surface area contributed by atoms with Crippen molar-refractivity contribution in [3.05, 3.63) is 48.3 Å². The summed E-state index contributed by atoms with van der Waals surface area (Å²) in [5.74, 6) is -0.0644. The van der Waals surface area contributed by atoms with Gasteiger partial charge in [-0.25, -0.2) is 14.4 Å². The normalized spacial score (nSPS) is 18.0. The van der Waals surface area contributed by atoms with Crippen LogP contribution in [0, 0.1) is 11.2 Å². The minimum atomic E-state index is -1.17. The number of fused-ring (bicyclic) bond motifs is 1. The van der Waals surface area contributed by atoms with Crippen LogP contribution in [0.15, 0.2) is 42.5 Å². The van der Waals surface area contributed by atoms with Crippen LogP contribution in [0.3, 0.4) is 0 Å². The van der Waals surface area contributed by atoms with Gasteiger partial charge in [0.2, 0.25) is 0 Å². The van der Waals surface area contributed by atoms with Crippen molar-refractivity contribution in [3.8, 4) is 17.1 Å². The number of halogens is 1. The van der Waals surface area contributed by atoms with E-state index in [0.29, 0.717) is 41.9 Å². The molecule has 2 aromatic carbocycles. The Balaban J connectivity index is 1.88. The second-order valence-corrected chi connectivity index (χ2v) is 9.13. The van der Waals surface area contributed by atoms with Gasteiger partial charge in [0, 0.05) is 25.0 Å². The quantitative estimate of drug-likeness (QED) is 0.576. The monoisotopic (exact) mass is 438 g/mol. The second-order valence-electron chi connectivity index (χ2n) is 9.13. The molecule has 2 atom stereocenters. The molecule has 1 aliphatic rings. The van der Waals surface area contributed by atoms with Gasteiger partial charge in [-0.2, -0.15) is 0 Å². The fourth-order valence-corrected chi connectivity index (χ4v) is 3.91. The number of aromatic nitrogens is 2. The first-order chi connectivity index (χ1) is 15.2. The van der Waals surface area contributed by atoms with E-state index in [1.807, 2.05) is 20.8 Å². The number of phenolic OH excluding ortho intramolecular Hbond substituents is 1. The first kappa shape index (κ1) is 22.1. The molecule has 0 saturated carbocycles. The maximum Gasteiger partial charge on any atom is 0.185 e. The van der Waals surface area contributed by atoms with Crippen molar-refractivity contribution in [2.75, 3.05) is 24.5 Å². The molecular formula is C24H27FN4O3. The number of piperazine rings is 1. The summed E-state index contributed by atoms with van der Waals surface area (Å²) in [6.45, 7) is 6.79. The number of ketones is 1. The van der Waals surface area contributed by atoms with Gasteiger partial charge in [-0.1, -0.05) is 32.9 Å². The number of anilines is 1. The molecule has 3 N–H and O–H groups in total. The first-order valence-corrected chi connectivity index (χ1v) is 10.6. The molecule has 2 unspecified atom stereocenters. The van der Waals surface area contributed by atoms with Crippen molar-refractivity contribution in [1.29, 1.82) is 0 Å². The van der Waals surface area contributed by atoms with Gasteiger partial charge in [0.25, 0.3) is 0 Å². The fraction of sp³-hybridized carbons (Fsp3) is 0.375. The van der Waals surface area contributed by atoms with E-state index in [0.717, 1.165) is 0 Å². The van der Waals surface area contributed by atoms with E-state index < -0.39 is 23.4 Å². The molecule has 4 rings (SSSR count). The van der Waals surface area contributed by atoms with Crippen molar-refractivity contribution in [1.82, 2.24) is 15.3 Å². The summed E-state index contributed by atoms with van der Waals surface area (Å²) in [5.41, 5.74) is 0.310. The molecule has 0 aliphatic carbocycles. The molecule has 0 spiro atoms. The molecule has 2 heterocycles. The van der Waals surface area contributed by atoms with Crippen molar-refractivity contribution < 1.29 is 19.4 Å². The number of carbonyl (C=O) groups is 1. The lowest BCUT2D eigenvalue weighted by molar-refractivity contribution is -0.133. The lowest BCUT2D eigenvalue weighted by atomic mass is 9.84. The van der Waals surface area contributed by atoms with Crippen LogP contribution >= 0.6 is 0 Å². The van der Waals surface area contributed by atoms with Crippen LogP contribution in [0.25, 0.3) is 22.3 Å². The van der Waals surface area contributed by atoms with Crippen molar-refractivity contribution >= 4 is 22.5 Å². The second kappa shape index (κ2) is 8.44. The zero-order valence-electron chi connectivity index (χ0n) is 18.3. The molecule has 168 valence electrons. The standard InChI is InChI=1S/C24H27FN4O3/c1-24(2,3)21(32)20(31)18-13-26-10-11-29(18)23-16-12-14(25)8-9-17(16)27-22(28-23)15-6-4-5-7-19(15)30/h4-9,12,18,21,26,30,32H,10-11,13H2,1-3H3. The summed E-state index contributed by atoms with van der Waals surface area (Å²) in [6.07, 6.45) is -1.17. The Bertz CT molecular complexity index is 1160. The SMILES string of the molecule is CC(C)(C)C(O)C(=O)C1CNCCN1c1nc(-c2ccccc2O)nc2ccc(F)cc12. The van der Waals surface area contributed by atoms with E-state index in [1.54, 1.807) is 35.2 Å². The van der Waals surface area contributed by atoms with E-state index in [9.17, 15) is 19.4 Å². The largest absolute Gasteiger partial charge is 0.507 e. The summed E-state index contributed by atoms with van der Waals surface area (Å²) in [7, 11) is 0. The van der Waals surface area contributed by atoms with Crippen molar-refractivity contribution in [2.24, 2.45) is 5.41 Å². The third-order valence-corrected chi connectivity index (χ3v) is 5.72. The summed E-state index contributed by atoms with van der Waals surface area (Å²) < 4.78 is 14.2. The number of nitrogens with one attached hydrogen (secondary N) is 1. The maximum atomic E-state index is 14.2. The van der Waals surface area contributed by atoms with Crippen molar-refractivity contribution in [2.45, 2.75) is 32.9 Å². The van der Waals surface area contributed by atoms with Gasteiger partial charge in [0.15, 0.2) is 11.6 Å². The predicted molar refractivity (Wildman–Crippen MR) is 121 cm³/mol. The number of aliphatic hydroxyl groups is 1. The number of aliphatic hydroxyl groups excluding tert-OH is 1. The third kappa shape index (κ3) is 4.16. The summed E-state index contributed by atoms with van der Waals surface area (Å²) in [4.78, 5) is 24.3. The van der Waals surface area contributed by atoms with Crippen LogP contribution in [0.5, 0.6) is 5.75 Å². The first-order valence-electron chi connectivity index (χ1n) is 10.6. The number of benzene rings is 2. The molecular weight excluding hydrogens is 411 g/mol. The van der Waals surface area contributed by atoms with Crippen molar-refractivity contribution in [3.63, 3.8) is 0 Å². The smallest absolute Gasteiger partial charge is 0.185 e. The number of para-hydroxylation sites is 1. The number of carbonyl (C=O) groups excluding carboxylic acids is 1. The summed E-state index contributed by atoms with van der Waals surface area (Å²) >= 11 is 0. The molecule has 1 aromatic heterocycles. The van der Waals surface area contributed by atoms with Crippen LogP contribution in [0.1, 0.15) is 20.8 Å². The number of hydrogen-bond donors (Lipinski definition) is 3. The minimum absolute atomic E-state index is 0.0241. The number of aromatic hydroxyl groups is 1. The van der Waals surface area contributed by atoms with Crippen LogP contribution in [-0.4, -0.2) is 57.7 Å². The van der Waals surface area contributed by atoms with E-state index in [1.165, 1.54) is 12.1 Å². The molecule has 0 radical (unpaired) electrons. The predicted octanol–water partition coefficient (Wildman–Crippen LogP) is 2.90. The molecule has 0 bridgehead atoms. The van der Waals surface area contributed by atoms with E-state index >= 15 is 0 Å². The minimum Gasteiger partial charge on any atom is -0.507 e. The average molecular weight is 439 g/mol. The molecule has 0 amide bonds. The lowest BCUT2D eigenvalue weighted by Crippen LogP contribution is -2.59. The molecule has 3 aromatic rings. The van der Waals surface area contributed by atoms with E-state index in [2.05, 4.69) is 15.3 Å². The highest BCUT2D eigenvalue weighted by molar-refractivity contribution is 5.96. The Morgan fingerprint density at radius 2 is 1.97 bits per heavy atom. The summed E-state index contributed by atoms with van der Waals surface area (Å²) in [6, 6.07) is 10.3. The number of hydrogen-bond acceptors (Lipinski definition) is 7. The number of phenols is 1. The van der Waals surface area contributed by atoms with Crippen LogP contribution in [0.2, 0.25) is 0 Å². The molecule has 8 heteroatoms. The highest BCUT2D eigenvalue weighted by atomic mass is 19.1. The Labute approximate surface area is 185 Å². The third-order valence-electron chi connectivity index (χ3n) is 5.72. The molecule has 7 nitrogen and oxygen atoms in total. The van der Waals surface area contributed by atoms with E-state index in [-0.39, 0.29) is 17.4 Å². The number of Topliss-reactive ketones (excluding diaryl/α,β-unsaturated/α-hetero) is 1. The summed E-state index contributed by atoms with van der Waals surface area (Å²) in [5, 5.41) is 24.7. The fourth-order valence-electron chi connectivity index (χ4n) is 3.91. The Kier molecular flexibility index (Phi) is 5.83. The highest BCUT2D eigenvalue weighted by Crippen LogP contribution is 2.33. The number of nitrogens with zero attached hydrogens (tertiary/aromatic N) is 3. The topological polar surface area (TPSA) is 98.6 Å². The Morgan fingerprint density at radius 1 is 1.22 bits per heavy atom. The molecule has 1 aliphatic heterocycles. The number of rotatable bonds is 4. The zero-order chi connectivity index (χ0) is 23.0. The van der Waals surface area contributed by atoms with Crippen LogP contribution in [0.4, 0.5) is 10.2 Å². The molecule has 32 heavy (non-hydrogen) atoms. The van der Waals surface area contributed by atoms with E-state index in [4.69, 9.17) is 0 Å². The lowest BCUT2D eigenvalue weighted by Gasteiger charge is -2.39. The Hall–Kier alpha value is -3.10. The van der Waals surface area contributed by atoms with Crippen LogP contribution in [-0.2, 0) is 4.79 Å².